The molecule has 0 bridgehead atoms. The van der Waals surface area contributed by atoms with E-state index in [1.807, 2.05) is 13.0 Å². The Hall–Kier alpha value is -3.32. The Morgan fingerprint density at radius 2 is 2.00 bits per heavy atom. The quantitative estimate of drug-likeness (QED) is 0.487. The summed E-state index contributed by atoms with van der Waals surface area (Å²) in [6.07, 6.45) is 0. The van der Waals surface area contributed by atoms with Crippen LogP contribution in [-0.4, -0.2) is 17.9 Å². The summed E-state index contributed by atoms with van der Waals surface area (Å²) >= 11 is 6.13. The van der Waals surface area contributed by atoms with Gasteiger partial charge in [0.2, 0.25) is 0 Å². The Bertz CT molecular complexity index is 1030. The highest BCUT2D eigenvalue weighted by molar-refractivity contribution is 6.31. The van der Waals surface area contributed by atoms with Gasteiger partial charge in [0.05, 0.1) is 23.8 Å². The van der Waals surface area contributed by atoms with Crippen LogP contribution in [0.15, 0.2) is 52.9 Å². The monoisotopic (exact) mass is 386 g/mol. The van der Waals surface area contributed by atoms with Gasteiger partial charge in [0.1, 0.15) is 11.5 Å². The molecule has 138 valence electrons. The van der Waals surface area contributed by atoms with Crippen molar-refractivity contribution in [3.63, 3.8) is 0 Å². The van der Waals surface area contributed by atoms with Gasteiger partial charge in [-0.3, -0.25) is 14.9 Å². The van der Waals surface area contributed by atoms with Crippen molar-refractivity contribution in [1.29, 1.82) is 0 Å². The Labute approximate surface area is 159 Å². The van der Waals surface area contributed by atoms with Crippen LogP contribution in [0.3, 0.4) is 0 Å². The summed E-state index contributed by atoms with van der Waals surface area (Å²) < 4.78 is 10.8. The first kappa shape index (κ1) is 18.5. The van der Waals surface area contributed by atoms with Crippen molar-refractivity contribution >= 4 is 28.9 Å². The molecule has 0 radical (unpaired) electrons. The minimum Gasteiger partial charge on any atom is -0.494 e. The first-order valence-electron chi connectivity index (χ1n) is 7.90. The van der Waals surface area contributed by atoms with Crippen LogP contribution in [0.1, 0.15) is 16.1 Å². The summed E-state index contributed by atoms with van der Waals surface area (Å²) in [5.74, 6) is 0.267. The van der Waals surface area contributed by atoms with Gasteiger partial charge in [-0.1, -0.05) is 23.7 Å². The number of carbonyl (C=O) groups is 1. The first-order valence-corrected chi connectivity index (χ1v) is 8.27. The summed E-state index contributed by atoms with van der Waals surface area (Å²) in [5, 5.41) is 14.1. The van der Waals surface area contributed by atoms with E-state index in [1.54, 1.807) is 24.3 Å². The van der Waals surface area contributed by atoms with Gasteiger partial charge in [0.25, 0.3) is 11.6 Å². The molecule has 1 aromatic heterocycles. The third-order valence-corrected chi connectivity index (χ3v) is 4.42. The van der Waals surface area contributed by atoms with Crippen LogP contribution in [0.25, 0.3) is 11.3 Å². The normalized spacial score (nSPS) is 10.5. The van der Waals surface area contributed by atoms with Crippen LogP contribution >= 0.6 is 11.6 Å². The van der Waals surface area contributed by atoms with E-state index in [-0.39, 0.29) is 17.2 Å². The highest BCUT2D eigenvalue weighted by atomic mass is 35.5. The molecule has 27 heavy (non-hydrogen) atoms. The van der Waals surface area contributed by atoms with Crippen molar-refractivity contribution in [2.45, 2.75) is 6.92 Å². The Kier molecular flexibility index (Phi) is 5.14. The summed E-state index contributed by atoms with van der Waals surface area (Å²) in [5.41, 5.74) is 1.79. The number of nitrogens with zero attached hydrogens (tertiary/aromatic N) is 1. The molecule has 1 N–H and O–H groups in total. The van der Waals surface area contributed by atoms with E-state index in [9.17, 15) is 14.9 Å². The minimum absolute atomic E-state index is 0.0878. The van der Waals surface area contributed by atoms with E-state index in [0.717, 1.165) is 11.1 Å². The van der Waals surface area contributed by atoms with E-state index >= 15 is 0 Å². The summed E-state index contributed by atoms with van der Waals surface area (Å²) in [4.78, 5) is 22.8. The van der Waals surface area contributed by atoms with Gasteiger partial charge < -0.3 is 14.5 Å². The molecule has 0 aliphatic rings. The molecule has 0 aliphatic carbocycles. The van der Waals surface area contributed by atoms with Crippen molar-refractivity contribution < 1.29 is 18.9 Å². The smallest absolute Gasteiger partial charge is 0.291 e. The Morgan fingerprint density at radius 3 is 2.70 bits per heavy atom. The van der Waals surface area contributed by atoms with Crippen molar-refractivity contribution in [3.8, 4) is 17.1 Å². The average Bonchev–Trinajstić information content (AvgIpc) is 3.14. The number of methoxy groups -OCH3 is 1. The predicted octanol–water partition coefficient (Wildman–Crippen LogP) is 5.08. The molecule has 8 heteroatoms. The molecule has 1 amide bonds. The summed E-state index contributed by atoms with van der Waals surface area (Å²) in [7, 11) is 1.36. The zero-order valence-electron chi connectivity index (χ0n) is 14.5. The number of nitro benzene ring substituents is 1. The zero-order chi connectivity index (χ0) is 19.6. The molecule has 3 rings (SSSR count). The number of furan rings is 1. The second-order valence-electron chi connectivity index (χ2n) is 5.67. The maximum atomic E-state index is 12.5. The highest BCUT2D eigenvalue weighted by Crippen LogP contribution is 2.31. The third kappa shape index (κ3) is 3.78. The fourth-order valence-electron chi connectivity index (χ4n) is 2.56. The molecule has 0 spiro atoms. The van der Waals surface area contributed by atoms with E-state index in [4.69, 9.17) is 20.8 Å². The molecular weight excluding hydrogens is 372 g/mol. The molecular formula is C19H15ClN2O5. The number of ether oxygens (including phenoxy) is 1. The van der Waals surface area contributed by atoms with Crippen LogP contribution in [-0.2, 0) is 0 Å². The van der Waals surface area contributed by atoms with Crippen molar-refractivity contribution in [1.82, 2.24) is 0 Å². The number of nitro groups is 1. The number of non-ortho nitro benzene ring substituents is 1. The maximum Gasteiger partial charge on any atom is 0.291 e. The molecule has 0 unspecified atom stereocenters. The average molecular weight is 387 g/mol. The van der Waals surface area contributed by atoms with Crippen LogP contribution in [0.2, 0.25) is 5.02 Å². The second kappa shape index (κ2) is 7.51. The number of rotatable bonds is 5. The lowest BCUT2D eigenvalue weighted by molar-refractivity contribution is -0.384. The molecule has 0 aliphatic heterocycles. The zero-order valence-corrected chi connectivity index (χ0v) is 15.2. The number of benzene rings is 2. The van der Waals surface area contributed by atoms with Gasteiger partial charge in [-0.25, -0.2) is 0 Å². The van der Waals surface area contributed by atoms with E-state index in [1.165, 1.54) is 25.3 Å². The number of hydrogen-bond donors (Lipinski definition) is 1. The number of anilines is 1. The molecule has 0 saturated heterocycles. The van der Waals surface area contributed by atoms with Crippen molar-refractivity contribution in [3.05, 3.63) is 75.0 Å². The largest absolute Gasteiger partial charge is 0.494 e. The molecule has 0 atom stereocenters. The lowest BCUT2D eigenvalue weighted by atomic mass is 10.1. The predicted molar refractivity (Wildman–Crippen MR) is 101 cm³/mol. The number of amides is 1. The molecule has 2 aromatic carbocycles. The van der Waals surface area contributed by atoms with Crippen LogP contribution in [0.5, 0.6) is 5.75 Å². The minimum atomic E-state index is -0.541. The van der Waals surface area contributed by atoms with Gasteiger partial charge in [0.15, 0.2) is 5.76 Å². The van der Waals surface area contributed by atoms with Crippen molar-refractivity contribution in [2.24, 2.45) is 0 Å². The fraction of sp³-hybridized carbons (Fsp3) is 0.105. The Morgan fingerprint density at radius 1 is 1.22 bits per heavy atom. The van der Waals surface area contributed by atoms with Crippen LogP contribution in [0.4, 0.5) is 11.4 Å². The van der Waals surface area contributed by atoms with Crippen LogP contribution in [0, 0.1) is 17.0 Å². The lowest BCUT2D eigenvalue weighted by Gasteiger charge is -2.09. The lowest BCUT2D eigenvalue weighted by Crippen LogP contribution is -2.11. The van der Waals surface area contributed by atoms with Gasteiger partial charge in [-0.2, -0.15) is 0 Å². The molecule has 0 fully saturated rings. The molecule has 1 heterocycles. The maximum absolute atomic E-state index is 12.5. The fourth-order valence-corrected chi connectivity index (χ4v) is 2.73. The summed E-state index contributed by atoms with van der Waals surface area (Å²) in [6, 6.07) is 12.6. The number of halogens is 1. The van der Waals surface area contributed by atoms with Crippen LogP contribution < -0.4 is 10.1 Å². The number of hydrogen-bond acceptors (Lipinski definition) is 5. The summed E-state index contributed by atoms with van der Waals surface area (Å²) in [6.45, 7) is 1.86. The molecule has 0 saturated carbocycles. The number of nitrogens with one attached hydrogen (secondary N) is 1. The highest BCUT2D eigenvalue weighted by Gasteiger charge is 2.17. The van der Waals surface area contributed by atoms with Gasteiger partial charge in [-0.15, -0.1) is 0 Å². The second-order valence-corrected chi connectivity index (χ2v) is 6.08. The SMILES string of the molecule is COc1cc([N+](=O)[O-])ccc1NC(=O)c1ccc(-c2cccc(Cl)c2C)o1. The Balaban J connectivity index is 1.85. The third-order valence-electron chi connectivity index (χ3n) is 4.01. The van der Waals surface area contributed by atoms with E-state index < -0.39 is 10.8 Å². The first-order chi connectivity index (χ1) is 12.9. The standard InChI is InChI=1S/C19H15ClN2O5/c1-11-13(4-3-5-14(11)20)16-8-9-17(27-16)19(23)21-15-7-6-12(22(24)25)10-18(15)26-2/h3-10H,1-2H3,(H,21,23). The van der Waals surface area contributed by atoms with Gasteiger partial charge in [-0.05, 0) is 36.8 Å². The van der Waals surface area contributed by atoms with E-state index in [0.29, 0.717) is 16.5 Å². The molecule has 7 nitrogen and oxygen atoms in total. The molecule has 3 aromatic rings. The number of carbonyl (C=O) groups excluding carboxylic acids is 1. The topological polar surface area (TPSA) is 94.6 Å². The van der Waals surface area contributed by atoms with Gasteiger partial charge in [0, 0.05) is 16.7 Å². The van der Waals surface area contributed by atoms with E-state index in [2.05, 4.69) is 5.32 Å². The van der Waals surface area contributed by atoms with Crippen molar-refractivity contribution in [2.75, 3.05) is 12.4 Å². The van der Waals surface area contributed by atoms with Gasteiger partial charge >= 0.3 is 0 Å².